The lowest BCUT2D eigenvalue weighted by Gasteiger charge is -2.07. The average molecular weight is 285 g/mol. The summed E-state index contributed by atoms with van der Waals surface area (Å²) >= 11 is 5.74. The normalized spacial score (nSPS) is 10.0. The standard InChI is InChI=1S/C13H17ClN2O3/c1-2-19-8-7-12(17)15-16-13(18)9-10-3-5-11(14)6-4-10/h3-6H,2,7-9H2,1H3,(H,15,17)(H,16,18). The first-order valence-corrected chi connectivity index (χ1v) is 6.39. The number of carbonyl (C=O) groups excluding carboxylic acids is 2. The van der Waals surface area contributed by atoms with Gasteiger partial charge in [0, 0.05) is 11.6 Å². The van der Waals surface area contributed by atoms with E-state index in [1.807, 2.05) is 6.92 Å². The Bertz CT molecular complexity index is 420. The smallest absolute Gasteiger partial charge is 0.242 e. The maximum Gasteiger partial charge on any atom is 0.242 e. The summed E-state index contributed by atoms with van der Waals surface area (Å²) in [6.45, 7) is 2.76. The minimum absolute atomic E-state index is 0.183. The molecule has 0 aliphatic heterocycles. The summed E-state index contributed by atoms with van der Waals surface area (Å²) in [5.74, 6) is -0.565. The number of benzene rings is 1. The maximum atomic E-state index is 11.5. The summed E-state index contributed by atoms with van der Waals surface area (Å²) in [6.07, 6.45) is 0.401. The second-order valence-corrected chi connectivity index (χ2v) is 4.28. The van der Waals surface area contributed by atoms with E-state index < -0.39 is 0 Å². The van der Waals surface area contributed by atoms with E-state index in [0.29, 0.717) is 18.2 Å². The summed E-state index contributed by atoms with van der Waals surface area (Å²) in [4.78, 5) is 22.8. The molecule has 2 amide bonds. The Balaban J connectivity index is 2.24. The number of hydrazine groups is 1. The first-order chi connectivity index (χ1) is 9.11. The number of hydrogen-bond donors (Lipinski definition) is 2. The molecule has 0 aromatic heterocycles. The third-order valence-electron chi connectivity index (χ3n) is 2.30. The van der Waals surface area contributed by atoms with Crippen LogP contribution >= 0.6 is 11.6 Å². The molecular weight excluding hydrogens is 268 g/mol. The molecule has 2 N–H and O–H groups in total. The monoisotopic (exact) mass is 284 g/mol. The van der Waals surface area contributed by atoms with Crippen LogP contribution in [0, 0.1) is 0 Å². The Labute approximate surface area is 117 Å². The number of rotatable bonds is 6. The Kier molecular flexibility index (Phi) is 6.92. The third kappa shape index (κ3) is 6.79. The van der Waals surface area contributed by atoms with Crippen LogP contribution in [0.25, 0.3) is 0 Å². The van der Waals surface area contributed by atoms with E-state index in [2.05, 4.69) is 10.9 Å². The van der Waals surface area contributed by atoms with Gasteiger partial charge in [-0.3, -0.25) is 20.4 Å². The van der Waals surface area contributed by atoms with Crippen LogP contribution in [0.3, 0.4) is 0 Å². The first kappa shape index (κ1) is 15.5. The Morgan fingerprint density at radius 2 is 1.79 bits per heavy atom. The minimum Gasteiger partial charge on any atom is -0.381 e. The van der Waals surface area contributed by atoms with Crippen LogP contribution in [0.2, 0.25) is 5.02 Å². The van der Waals surface area contributed by atoms with Crippen molar-refractivity contribution in [1.29, 1.82) is 0 Å². The largest absolute Gasteiger partial charge is 0.381 e. The molecule has 0 bridgehead atoms. The van der Waals surface area contributed by atoms with Crippen molar-refractivity contribution in [2.75, 3.05) is 13.2 Å². The molecule has 0 saturated carbocycles. The predicted octanol–water partition coefficient (Wildman–Crippen LogP) is 1.46. The van der Waals surface area contributed by atoms with Gasteiger partial charge < -0.3 is 4.74 Å². The average Bonchev–Trinajstić information content (AvgIpc) is 2.39. The van der Waals surface area contributed by atoms with E-state index in [1.165, 1.54) is 0 Å². The predicted molar refractivity (Wildman–Crippen MR) is 72.6 cm³/mol. The molecule has 5 nitrogen and oxygen atoms in total. The maximum absolute atomic E-state index is 11.5. The molecule has 6 heteroatoms. The number of nitrogens with one attached hydrogen (secondary N) is 2. The van der Waals surface area contributed by atoms with Crippen molar-refractivity contribution in [1.82, 2.24) is 10.9 Å². The van der Waals surface area contributed by atoms with Gasteiger partial charge >= 0.3 is 0 Å². The van der Waals surface area contributed by atoms with Gasteiger partial charge in [-0.1, -0.05) is 23.7 Å². The second-order valence-electron chi connectivity index (χ2n) is 3.85. The molecule has 19 heavy (non-hydrogen) atoms. The van der Waals surface area contributed by atoms with Crippen LogP contribution < -0.4 is 10.9 Å². The quantitative estimate of drug-likeness (QED) is 0.614. The van der Waals surface area contributed by atoms with E-state index >= 15 is 0 Å². The number of carbonyl (C=O) groups is 2. The highest BCUT2D eigenvalue weighted by Gasteiger charge is 2.05. The van der Waals surface area contributed by atoms with Gasteiger partial charge in [-0.15, -0.1) is 0 Å². The van der Waals surface area contributed by atoms with Gasteiger partial charge in [0.1, 0.15) is 0 Å². The SMILES string of the molecule is CCOCCC(=O)NNC(=O)Cc1ccc(Cl)cc1. The Morgan fingerprint density at radius 1 is 1.16 bits per heavy atom. The van der Waals surface area contributed by atoms with Gasteiger partial charge in [-0.25, -0.2) is 0 Å². The molecule has 0 fully saturated rings. The fourth-order valence-corrected chi connectivity index (χ4v) is 1.47. The summed E-state index contributed by atoms with van der Waals surface area (Å²) in [5, 5.41) is 0.619. The highest BCUT2D eigenvalue weighted by atomic mass is 35.5. The van der Waals surface area contributed by atoms with Crippen molar-refractivity contribution >= 4 is 23.4 Å². The molecule has 0 heterocycles. The third-order valence-corrected chi connectivity index (χ3v) is 2.55. The van der Waals surface area contributed by atoms with Crippen molar-refractivity contribution in [2.45, 2.75) is 19.8 Å². The van der Waals surface area contributed by atoms with Crippen LogP contribution in [0.5, 0.6) is 0 Å². The number of halogens is 1. The van der Waals surface area contributed by atoms with Crippen molar-refractivity contribution in [3.05, 3.63) is 34.9 Å². The lowest BCUT2D eigenvalue weighted by molar-refractivity contribution is -0.129. The van der Waals surface area contributed by atoms with Crippen LogP contribution in [-0.4, -0.2) is 25.0 Å². The van der Waals surface area contributed by atoms with E-state index in [-0.39, 0.29) is 24.7 Å². The molecule has 0 radical (unpaired) electrons. The van der Waals surface area contributed by atoms with Crippen LogP contribution in [-0.2, 0) is 20.7 Å². The molecule has 0 spiro atoms. The van der Waals surface area contributed by atoms with Gasteiger partial charge in [0.2, 0.25) is 11.8 Å². The number of amides is 2. The second kappa shape index (κ2) is 8.50. The van der Waals surface area contributed by atoms with Crippen molar-refractivity contribution < 1.29 is 14.3 Å². The van der Waals surface area contributed by atoms with Gasteiger partial charge in [-0.05, 0) is 24.6 Å². The molecule has 0 aliphatic rings. The highest BCUT2D eigenvalue weighted by molar-refractivity contribution is 6.30. The van der Waals surface area contributed by atoms with Gasteiger partial charge in [0.15, 0.2) is 0 Å². The van der Waals surface area contributed by atoms with Crippen LogP contribution in [0.4, 0.5) is 0 Å². The molecule has 1 rings (SSSR count). The van der Waals surface area contributed by atoms with Crippen molar-refractivity contribution in [2.24, 2.45) is 0 Å². The Morgan fingerprint density at radius 3 is 2.42 bits per heavy atom. The molecule has 104 valence electrons. The lowest BCUT2D eigenvalue weighted by Crippen LogP contribution is -2.42. The number of hydrogen-bond acceptors (Lipinski definition) is 3. The van der Waals surface area contributed by atoms with E-state index in [4.69, 9.17) is 16.3 Å². The summed E-state index contributed by atoms with van der Waals surface area (Å²) in [6, 6.07) is 6.95. The fourth-order valence-electron chi connectivity index (χ4n) is 1.34. The van der Waals surface area contributed by atoms with Crippen molar-refractivity contribution in [3.63, 3.8) is 0 Å². The molecule has 0 atom stereocenters. The highest BCUT2D eigenvalue weighted by Crippen LogP contribution is 2.09. The molecule has 0 aliphatic carbocycles. The zero-order valence-corrected chi connectivity index (χ0v) is 11.5. The minimum atomic E-state index is -0.285. The fraction of sp³-hybridized carbons (Fsp3) is 0.385. The molecule has 0 saturated heterocycles. The number of ether oxygens (including phenoxy) is 1. The molecular formula is C13H17ClN2O3. The van der Waals surface area contributed by atoms with Gasteiger partial charge in [-0.2, -0.15) is 0 Å². The zero-order chi connectivity index (χ0) is 14.1. The zero-order valence-electron chi connectivity index (χ0n) is 10.7. The summed E-state index contributed by atoms with van der Waals surface area (Å²) in [7, 11) is 0. The van der Waals surface area contributed by atoms with E-state index in [0.717, 1.165) is 5.56 Å². The van der Waals surface area contributed by atoms with Gasteiger partial charge in [0.25, 0.3) is 0 Å². The topological polar surface area (TPSA) is 67.4 Å². The van der Waals surface area contributed by atoms with E-state index in [1.54, 1.807) is 24.3 Å². The first-order valence-electron chi connectivity index (χ1n) is 6.01. The van der Waals surface area contributed by atoms with Crippen molar-refractivity contribution in [3.8, 4) is 0 Å². The molecule has 1 aromatic rings. The molecule has 0 unspecified atom stereocenters. The summed E-state index contributed by atoms with van der Waals surface area (Å²) < 4.78 is 5.03. The summed E-state index contributed by atoms with van der Waals surface area (Å²) in [5.41, 5.74) is 5.50. The van der Waals surface area contributed by atoms with Gasteiger partial charge in [0.05, 0.1) is 19.4 Å². The Hall–Kier alpha value is -1.59. The van der Waals surface area contributed by atoms with Crippen LogP contribution in [0.15, 0.2) is 24.3 Å². The lowest BCUT2D eigenvalue weighted by atomic mass is 10.1. The van der Waals surface area contributed by atoms with Crippen LogP contribution in [0.1, 0.15) is 18.9 Å². The molecule has 1 aromatic carbocycles. The van der Waals surface area contributed by atoms with E-state index in [9.17, 15) is 9.59 Å².